The van der Waals surface area contributed by atoms with Gasteiger partial charge < -0.3 is 20.0 Å². The standard InChI is InChI=1S/C35H73O6P/c1-3-5-7-9-11-13-15-17-19-21-23-25-27-29-31-34(36)35(37,33-41-42(38,39)40)32-30-28-26-24-22-20-18-16-14-12-10-8-6-4-2/h34,36-37H,3-33H2,1-2H3,(H2,38,39,40). The summed E-state index contributed by atoms with van der Waals surface area (Å²) in [5.41, 5.74) is -1.62. The maximum Gasteiger partial charge on any atom is 0.469 e. The first-order chi connectivity index (χ1) is 20.2. The molecule has 0 aromatic heterocycles. The lowest BCUT2D eigenvalue weighted by Crippen LogP contribution is -2.46. The van der Waals surface area contributed by atoms with E-state index in [9.17, 15) is 14.8 Å². The van der Waals surface area contributed by atoms with Crippen molar-refractivity contribution in [3.05, 3.63) is 0 Å². The fourth-order valence-corrected chi connectivity index (χ4v) is 6.35. The summed E-state index contributed by atoms with van der Waals surface area (Å²) in [7, 11) is -4.71. The van der Waals surface area contributed by atoms with E-state index in [0.29, 0.717) is 19.3 Å². The van der Waals surface area contributed by atoms with E-state index in [-0.39, 0.29) is 0 Å². The van der Waals surface area contributed by atoms with Crippen LogP contribution in [0.25, 0.3) is 0 Å². The summed E-state index contributed by atoms with van der Waals surface area (Å²) in [5, 5.41) is 21.9. The molecule has 0 rings (SSSR count). The van der Waals surface area contributed by atoms with Crippen molar-refractivity contribution >= 4 is 7.82 Å². The Labute approximate surface area is 261 Å². The van der Waals surface area contributed by atoms with Crippen LogP contribution in [0.5, 0.6) is 0 Å². The number of unbranched alkanes of at least 4 members (excludes halogenated alkanes) is 26. The molecule has 0 bridgehead atoms. The Hall–Kier alpha value is 0.0300. The van der Waals surface area contributed by atoms with Crippen molar-refractivity contribution in [2.45, 2.75) is 218 Å². The molecule has 0 aliphatic rings. The zero-order chi connectivity index (χ0) is 31.2. The lowest BCUT2D eigenvalue weighted by molar-refractivity contribution is -0.112. The molecule has 0 spiro atoms. The fourth-order valence-electron chi connectivity index (χ4n) is 5.96. The fraction of sp³-hybridized carbons (Fsp3) is 1.00. The molecular formula is C35H73O6P. The van der Waals surface area contributed by atoms with Crippen LogP contribution in [0.1, 0.15) is 206 Å². The average molecular weight is 621 g/mol. The quantitative estimate of drug-likeness (QED) is 0.0421. The summed E-state index contributed by atoms with van der Waals surface area (Å²) in [6.45, 7) is 3.98. The van der Waals surface area contributed by atoms with Crippen molar-refractivity contribution < 1.29 is 29.1 Å². The SMILES string of the molecule is CCCCCCCCCCCCCCCCC(O)C(O)(CCCCCCCCCCCCCCCC)COP(=O)(O)O. The lowest BCUT2D eigenvalue weighted by Gasteiger charge is -2.33. The molecular weight excluding hydrogens is 547 g/mol. The van der Waals surface area contributed by atoms with Gasteiger partial charge in [0.15, 0.2) is 0 Å². The van der Waals surface area contributed by atoms with Gasteiger partial charge in [-0.05, 0) is 12.8 Å². The van der Waals surface area contributed by atoms with Gasteiger partial charge in [-0.3, -0.25) is 4.52 Å². The van der Waals surface area contributed by atoms with Gasteiger partial charge in [-0.25, -0.2) is 4.57 Å². The number of hydrogen-bond acceptors (Lipinski definition) is 4. The molecule has 6 nitrogen and oxygen atoms in total. The molecule has 4 N–H and O–H groups in total. The molecule has 2 unspecified atom stereocenters. The van der Waals surface area contributed by atoms with Gasteiger partial charge in [0.1, 0.15) is 5.60 Å². The maximum absolute atomic E-state index is 11.3. The largest absolute Gasteiger partial charge is 0.469 e. The number of rotatable bonds is 34. The van der Waals surface area contributed by atoms with Crippen LogP contribution in [-0.4, -0.2) is 38.3 Å². The molecule has 42 heavy (non-hydrogen) atoms. The minimum absolute atomic E-state index is 0.296. The number of hydrogen-bond donors (Lipinski definition) is 4. The number of aliphatic hydroxyl groups is 2. The minimum Gasteiger partial charge on any atom is -0.390 e. The second-order valence-corrected chi connectivity index (χ2v) is 14.4. The Morgan fingerprint density at radius 3 is 1.12 bits per heavy atom. The molecule has 0 radical (unpaired) electrons. The molecule has 0 aliphatic carbocycles. The van der Waals surface area contributed by atoms with Gasteiger partial charge in [-0.15, -0.1) is 0 Å². The average Bonchev–Trinajstić information content (AvgIpc) is 2.96. The molecule has 254 valence electrons. The summed E-state index contributed by atoms with van der Waals surface area (Å²) in [6, 6.07) is 0. The van der Waals surface area contributed by atoms with Crippen molar-refractivity contribution in [3.8, 4) is 0 Å². The molecule has 0 heterocycles. The predicted molar refractivity (Wildman–Crippen MR) is 179 cm³/mol. The molecule has 0 saturated carbocycles. The number of aliphatic hydroxyl groups excluding tert-OH is 1. The number of phosphoric acid groups is 1. The van der Waals surface area contributed by atoms with Crippen LogP contribution in [0.2, 0.25) is 0 Å². The topological polar surface area (TPSA) is 107 Å². The molecule has 2 atom stereocenters. The minimum atomic E-state index is -4.71. The summed E-state index contributed by atoms with van der Waals surface area (Å²) in [6.07, 6.45) is 34.6. The normalized spacial score (nSPS) is 14.3. The van der Waals surface area contributed by atoms with Crippen molar-refractivity contribution in [2.75, 3.05) is 6.61 Å². The first kappa shape index (κ1) is 42.0. The van der Waals surface area contributed by atoms with E-state index in [2.05, 4.69) is 18.4 Å². The third-order valence-corrected chi connectivity index (χ3v) is 9.36. The van der Waals surface area contributed by atoms with E-state index in [1.165, 1.54) is 141 Å². The Kier molecular flexibility index (Phi) is 29.7. The van der Waals surface area contributed by atoms with Crippen LogP contribution in [0.3, 0.4) is 0 Å². The van der Waals surface area contributed by atoms with Crippen LogP contribution in [0.15, 0.2) is 0 Å². The van der Waals surface area contributed by atoms with Crippen molar-refractivity contribution in [1.29, 1.82) is 0 Å². The summed E-state index contributed by atoms with van der Waals surface area (Å²) in [5.74, 6) is 0. The molecule has 0 amide bonds. The first-order valence-corrected chi connectivity index (χ1v) is 19.9. The maximum atomic E-state index is 11.3. The van der Waals surface area contributed by atoms with Gasteiger partial charge in [-0.1, -0.05) is 194 Å². The molecule has 0 aromatic carbocycles. The molecule has 7 heteroatoms. The van der Waals surface area contributed by atoms with E-state index >= 15 is 0 Å². The Balaban J connectivity index is 3.98. The van der Waals surface area contributed by atoms with Crippen LogP contribution < -0.4 is 0 Å². The highest BCUT2D eigenvalue weighted by molar-refractivity contribution is 7.46. The van der Waals surface area contributed by atoms with Crippen LogP contribution >= 0.6 is 7.82 Å². The van der Waals surface area contributed by atoms with Crippen molar-refractivity contribution in [1.82, 2.24) is 0 Å². The lowest BCUT2D eigenvalue weighted by atomic mass is 9.87. The number of phosphoric ester groups is 1. The first-order valence-electron chi connectivity index (χ1n) is 18.4. The van der Waals surface area contributed by atoms with Gasteiger partial charge in [0.05, 0.1) is 12.7 Å². The van der Waals surface area contributed by atoms with Gasteiger partial charge >= 0.3 is 7.82 Å². The molecule has 0 fully saturated rings. The van der Waals surface area contributed by atoms with Gasteiger partial charge in [0, 0.05) is 0 Å². The molecule has 0 aliphatic heterocycles. The Bertz CT molecular complexity index is 598. The van der Waals surface area contributed by atoms with Gasteiger partial charge in [0.2, 0.25) is 0 Å². The highest BCUT2D eigenvalue weighted by atomic mass is 31.2. The summed E-state index contributed by atoms with van der Waals surface area (Å²) in [4.78, 5) is 18.3. The van der Waals surface area contributed by atoms with E-state index in [4.69, 9.17) is 9.79 Å². The summed E-state index contributed by atoms with van der Waals surface area (Å²) < 4.78 is 15.9. The van der Waals surface area contributed by atoms with E-state index < -0.39 is 26.1 Å². The monoisotopic (exact) mass is 621 g/mol. The Morgan fingerprint density at radius 2 is 0.810 bits per heavy atom. The second kappa shape index (κ2) is 29.7. The third kappa shape index (κ3) is 28.8. The molecule has 0 saturated heterocycles. The van der Waals surface area contributed by atoms with Crippen LogP contribution in [-0.2, 0) is 9.09 Å². The summed E-state index contributed by atoms with van der Waals surface area (Å²) >= 11 is 0. The predicted octanol–water partition coefficient (Wildman–Crippen LogP) is 10.9. The van der Waals surface area contributed by atoms with Crippen molar-refractivity contribution in [2.24, 2.45) is 0 Å². The second-order valence-electron chi connectivity index (χ2n) is 13.1. The van der Waals surface area contributed by atoms with Crippen LogP contribution in [0, 0.1) is 0 Å². The third-order valence-electron chi connectivity index (χ3n) is 8.90. The van der Waals surface area contributed by atoms with E-state index in [1.807, 2.05) is 0 Å². The zero-order valence-electron chi connectivity index (χ0n) is 28.1. The van der Waals surface area contributed by atoms with E-state index in [1.54, 1.807) is 0 Å². The smallest absolute Gasteiger partial charge is 0.390 e. The van der Waals surface area contributed by atoms with Gasteiger partial charge in [-0.2, -0.15) is 0 Å². The van der Waals surface area contributed by atoms with Crippen LogP contribution in [0.4, 0.5) is 0 Å². The van der Waals surface area contributed by atoms with Crippen molar-refractivity contribution in [3.63, 3.8) is 0 Å². The highest BCUT2D eigenvalue weighted by Crippen LogP contribution is 2.38. The highest BCUT2D eigenvalue weighted by Gasteiger charge is 2.37. The Morgan fingerprint density at radius 1 is 0.524 bits per heavy atom. The molecule has 0 aromatic rings. The van der Waals surface area contributed by atoms with E-state index in [0.717, 1.165) is 32.1 Å². The van der Waals surface area contributed by atoms with Gasteiger partial charge in [0.25, 0.3) is 0 Å². The zero-order valence-corrected chi connectivity index (χ0v) is 28.9.